The van der Waals surface area contributed by atoms with E-state index in [2.05, 4.69) is 15.0 Å². The number of carboxylic acid groups (broad SMARTS) is 1. The van der Waals surface area contributed by atoms with Crippen molar-refractivity contribution in [1.29, 1.82) is 0 Å². The zero-order valence-corrected chi connectivity index (χ0v) is 13.7. The summed E-state index contributed by atoms with van der Waals surface area (Å²) in [6.45, 7) is 0. The normalized spacial score (nSPS) is 10.6. The molecule has 0 spiro atoms. The number of hydrogen-bond donors (Lipinski definition) is 1. The lowest BCUT2D eigenvalue weighted by Crippen LogP contribution is -2.04. The molecule has 9 heteroatoms. The highest BCUT2D eigenvalue weighted by atomic mass is 35.5. The van der Waals surface area contributed by atoms with E-state index in [-0.39, 0.29) is 40.0 Å². The lowest BCUT2D eigenvalue weighted by atomic mass is 10.1. The second-order valence-electron chi connectivity index (χ2n) is 5.15. The average Bonchev–Trinajstić information content (AvgIpc) is 2.57. The molecular formula is C17H10ClF2N3O3. The van der Waals surface area contributed by atoms with Crippen LogP contribution in [-0.4, -0.2) is 26.0 Å². The number of rotatable bonds is 5. The van der Waals surface area contributed by atoms with Gasteiger partial charge in [-0.1, -0.05) is 11.6 Å². The van der Waals surface area contributed by atoms with E-state index >= 15 is 0 Å². The maximum Gasteiger partial charge on any atom is 0.309 e. The number of nitrogens with zero attached hydrogens (tertiary/aromatic N) is 3. The van der Waals surface area contributed by atoms with Gasteiger partial charge in [0, 0.05) is 24.0 Å². The first-order chi connectivity index (χ1) is 12.4. The molecule has 2 aromatic heterocycles. The summed E-state index contributed by atoms with van der Waals surface area (Å²) in [4.78, 5) is 22.4. The first kappa shape index (κ1) is 17.7. The third kappa shape index (κ3) is 4.09. The maximum atomic E-state index is 14.4. The number of halogens is 3. The fourth-order valence-electron chi connectivity index (χ4n) is 2.13. The molecule has 26 heavy (non-hydrogen) atoms. The molecule has 0 fully saturated rings. The van der Waals surface area contributed by atoms with Crippen LogP contribution in [0.15, 0.2) is 42.9 Å². The molecule has 0 atom stereocenters. The lowest BCUT2D eigenvalue weighted by Gasteiger charge is -2.08. The second-order valence-corrected chi connectivity index (χ2v) is 5.59. The fraction of sp³-hybridized carbons (Fsp3) is 0.0588. The van der Waals surface area contributed by atoms with Crippen molar-refractivity contribution in [1.82, 2.24) is 15.0 Å². The zero-order valence-electron chi connectivity index (χ0n) is 13.0. The third-order valence-electron chi connectivity index (χ3n) is 3.22. The Morgan fingerprint density at radius 2 is 1.96 bits per heavy atom. The van der Waals surface area contributed by atoms with E-state index in [9.17, 15) is 13.6 Å². The number of aromatic nitrogens is 3. The molecule has 6 nitrogen and oxygen atoms in total. The first-order valence-electron chi connectivity index (χ1n) is 7.24. The highest BCUT2D eigenvalue weighted by Crippen LogP contribution is 2.28. The van der Waals surface area contributed by atoms with Crippen LogP contribution in [0.4, 0.5) is 8.78 Å². The predicted octanol–water partition coefficient (Wildman–Crippen LogP) is 3.89. The van der Waals surface area contributed by atoms with Crippen LogP contribution in [-0.2, 0) is 11.2 Å². The van der Waals surface area contributed by atoms with Gasteiger partial charge in [0.1, 0.15) is 11.6 Å². The van der Waals surface area contributed by atoms with Crippen molar-refractivity contribution >= 4 is 17.6 Å². The molecule has 3 rings (SSSR count). The first-order valence-corrected chi connectivity index (χ1v) is 7.61. The minimum absolute atomic E-state index is 0.0228. The minimum Gasteiger partial charge on any atom is -0.481 e. The van der Waals surface area contributed by atoms with Crippen molar-refractivity contribution in [3.8, 4) is 22.9 Å². The molecule has 2 heterocycles. The van der Waals surface area contributed by atoms with Crippen molar-refractivity contribution in [3.05, 3.63) is 65.2 Å². The highest BCUT2D eigenvalue weighted by molar-refractivity contribution is 6.30. The molecule has 0 saturated heterocycles. The Bertz CT molecular complexity index is 985. The molecule has 0 unspecified atom stereocenters. The van der Waals surface area contributed by atoms with Crippen molar-refractivity contribution in [2.24, 2.45) is 0 Å². The molecular weight excluding hydrogens is 368 g/mol. The Morgan fingerprint density at radius 3 is 2.65 bits per heavy atom. The Hall–Kier alpha value is -3.13. The number of ether oxygens (including phenoxy) is 1. The standard InChI is InChI=1S/C17H10ClF2N3O3/c18-9-3-14(20)17(22-6-9)26-11-1-2-12(13(19)5-11)15-8-21-7-10(23-15)4-16(24)25/h1-3,5-8H,4H2,(H,24,25). The van der Waals surface area contributed by atoms with Gasteiger partial charge in [-0.2, -0.15) is 0 Å². The topological polar surface area (TPSA) is 85.2 Å². The van der Waals surface area contributed by atoms with Gasteiger partial charge in [-0.05, 0) is 18.2 Å². The van der Waals surface area contributed by atoms with Gasteiger partial charge in [0.15, 0.2) is 5.82 Å². The van der Waals surface area contributed by atoms with Gasteiger partial charge in [0.25, 0.3) is 5.88 Å². The van der Waals surface area contributed by atoms with Gasteiger partial charge < -0.3 is 9.84 Å². The Morgan fingerprint density at radius 1 is 1.15 bits per heavy atom. The van der Waals surface area contributed by atoms with Crippen molar-refractivity contribution < 1.29 is 23.4 Å². The molecule has 132 valence electrons. The molecule has 0 saturated carbocycles. The molecule has 0 bridgehead atoms. The van der Waals surface area contributed by atoms with Crippen molar-refractivity contribution in [2.45, 2.75) is 6.42 Å². The number of carbonyl (C=O) groups is 1. The van der Waals surface area contributed by atoms with Gasteiger partial charge in [-0.25, -0.2) is 18.7 Å². The summed E-state index contributed by atoms with van der Waals surface area (Å²) >= 11 is 5.61. The van der Waals surface area contributed by atoms with Gasteiger partial charge in [0.05, 0.1) is 29.0 Å². The summed E-state index contributed by atoms with van der Waals surface area (Å²) in [6.07, 6.45) is 3.48. The summed E-state index contributed by atoms with van der Waals surface area (Å²) in [5.74, 6) is -2.87. The SMILES string of the molecule is O=C(O)Cc1cncc(-c2ccc(Oc3ncc(Cl)cc3F)cc2F)n1. The van der Waals surface area contributed by atoms with Crippen LogP contribution < -0.4 is 4.74 Å². The summed E-state index contributed by atoms with van der Waals surface area (Å²) in [5.41, 5.74) is 0.465. The highest BCUT2D eigenvalue weighted by Gasteiger charge is 2.13. The largest absolute Gasteiger partial charge is 0.481 e. The van der Waals surface area contributed by atoms with Crippen LogP contribution in [0.2, 0.25) is 5.02 Å². The van der Waals surface area contributed by atoms with Crippen LogP contribution in [0.3, 0.4) is 0 Å². The molecule has 0 aliphatic rings. The van der Waals surface area contributed by atoms with E-state index in [4.69, 9.17) is 21.4 Å². The van der Waals surface area contributed by atoms with Crippen LogP contribution in [0.25, 0.3) is 11.3 Å². The van der Waals surface area contributed by atoms with Crippen molar-refractivity contribution in [2.75, 3.05) is 0 Å². The number of carboxylic acids is 1. The number of benzene rings is 1. The molecule has 3 aromatic rings. The van der Waals surface area contributed by atoms with Gasteiger partial charge in [0.2, 0.25) is 0 Å². The van der Waals surface area contributed by atoms with Gasteiger partial charge >= 0.3 is 5.97 Å². The summed E-state index contributed by atoms with van der Waals surface area (Å²) in [5, 5.41) is 8.90. The Balaban J connectivity index is 1.87. The summed E-state index contributed by atoms with van der Waals surface area (Å²) in [7, 11) is 0. The van der Waals surface area contributed by atoms with Gasteiger partial charge in [-0.15, -0.1) is 0 Å². The van der Waals surface area contributed by atoms with E-state index in [1.807, 2.05) is 0 Å². The quantitative estimate of drug-likeness (QED) is 0.726. The Labute approximate surface area is 151 Å². The van der Waals surface area contributed by atoms with Crippen LogP contribution in [0.1, 0.15) is 5.69 Å². The molecule has 1 aromatic carbocycles. The zero-order chi connectivity index (χ0) is 18.7. The molecule has 1 N–H and O–H groups in total. The van der Waals surface area contributed by atoms with Crippen molar-refractivity contribution in [3.63, 3.8) is 0 Å². The molecule has 0 aliphatic carbocycles. The third-order valence-corrected chi connectivity index (χ3v) is 3.43. The smallest absolute Gasteiger partial charge is 0.309 e. The van der Waals surface area contributed by atoms with Crippen LogP contribution in [0, 0.1) is 11.6 Å². The fourth-order valence-corrected chi connectivity index (χ4v) is 2.28. The minimum atomic E-state index is -1.07. The predicted molar refractivity (Wildman–Crippen MR) is 88.0 cm³/mol. The number of pyridine rings is 1. The van der Waals surface area contributed by atoms with E-state index in [0.717, 1.165) is 12.1 Å². The Kier molecular flexibility index (Phi) is 5.04. The number of aliphatic carboxylic acids is 1. The second kappa shape index (κ2) is 7.40. The van der Waals surface area contributed by atoms with E-state index in [1.165, 1.54) is 30.7 Å². The van der Waals surface area contributed by atoms with Gasteiger partial charge in [-0.3, -0.25) is 9.78 Å². The maximum absolute atomic E-state index is 14.4. The lowest BCUT2D eigenvalue weighted by molar-refractivity contribution is -0.136. The number of hydrogen-bond acceptors (Lipinski definition) is 5. The van der Waals surface area contributed by atoms with E-state index in [0.29, 0.717) is 0 Å². The monoisotopic (exact) mass is 377 g/mol. The molecule has 0 amide bonds. The average molecular weight is 378 g/mol. The molecule has 0 aliphatic heterocycles. The van der Waals surface area contributed by atoms with Crippen LogP contribution in [0.5, 0.6) is 11.6 Å². The van der Waals surface area contributed by atoms with E-state index in [1.54, 1.807) is 0 Å². The molecule has 0 radical (unpaired) electrons. The van der Waals surface area contributed by atoms with E-state index < -0.39 is 17.6 Å². The summed E-state index contributed by atoms with van der Waals surface area (Å²) < 4.78 is 33.3. The summed E-state index contributed by atoms with van der Waals surface area (Å²) in [6, 6.07) is 4.83. The van der Waals surface area contributed by atoms with Crippen LogP contribution >= 0.6 is 11.6 Å².